The Hall–Kier alpha value is -0.800. The summed E-state index contributed by atoms with van der Waals surface area (Å²) in [6.07, 6.45) is 7.78. The minimum absolute atomic E-state index is 0.209. The molecule has 2 N–H and O–H groups in total. The van der Waals surface area contributed by atoms with Crippen molar-refractivity contribution in [3.63, 3.8) is 0 Å². The Kier molecular flexibility index (Phi) is 3.89. The van der Waals surface area contributed by atoms with Crippen molar-refractivity contribution in [2.75, 3.05) is 0 Å². The van der Waals surface area contributed by atoms with Crippen LogP contribution in [0.1, 0.15) is 37.1 Å². The largest absolute Gasteiger partial charge is 0.324 e. The van der Waals surface area contributed by atoms with Gasteiger partial charge in [-0.25, -0.2) is 0 Å². The van der Waals surface area contributed by atoms with E-state index in [4.69, 9.17) is 17.3 Å². The summed E-state index contributed by atoms with van der Waals surface area (Å²) in [6.45, 7) is 1.94. The summed E-state index contributed by atoms with van der Waals surface area (Å²) in [5.41, 5.74) is 9.44. The highest BCUT2D eigenvalue weighted by molar-refractivity contribution is 6.31. The summed E-state index contributed by atoms with van der Waals surface area (Å²) in [6, 6.07) is 0.209. The average Bonchev–Trinajstić information content (AvgIpc) is 2.46. The molecule has 94 valence electrons. The number of allylic oxidation sites excluding steroid dienone is 1. The van der Waals surface area contributed by atoms with Crippen molar-refractivity contribution in [3.05, 3.63) is 28.1 Å². The van der Waals surface area contributed by atoms with Crippen LogP contribution in [0.25, 0.3) is 0 Å². The molecule has 1 aliphatic rings. The molecule has 1 aliphatic carbocycles. The maximum Gasteiger partial charge on any atom is 0.0850 e. The van der Waals surface area contributed by atoms with Crippen LogP contribution in [-0.4, -0.2) is 15.8 Å². The van der Waals surface area contributed by atoms with Crippen molar-refractivity contribution in [3.8, 4) is 0 Å². The molecule has 0 bridgehead atoms. The lowest BCUT2D eigenvalue weighted by Gasteiger charge is -2.08. The molecular formula is C13H20ClN3. The molecule has 0 spiro atoms. The van der Waals surface area contributed by atoms with Crippen LogP contribution in [0.15, 0.2) is 11.6 Å². The summed E-state index contributed by atoms with van der Waals surface area (Å²) in [7, 11) is 1.95. The fourth-order valence-electron chi connectivity index (χ4n) is 2.44. The topological polar surface area (TPSA) is 43.8 Å². The van der Waals surface area contributed by atoms with Gasteiger partial charge in [0.05, 0.1) is 16.4 Å². The Morgan fingerprint density at radius 2 is 2.29 bits per heavy atom. The highest BCUT2D eigenvalue weighted by atomic mass is 35.5. The first-order valence-corrected chi connectivity index (χ1v) is 6.59. The first-order valence-electron chi connectivity index (χ1n) is 6.21. The average molecular weight is 254 g/mol. The monoisotopic (exact) mass is 253 g/mol. The maximum absolute atomic E-state index is 6.27. The molecule has 1 aromatic heterocycles. The highest BCUT2D eigenvalue weighted by Crippen LogP contribution is 2.25. The van der Waals surface area contributed by atoms with Crippen LogP contribution in [0.5, 0.6) is 0 Å². The van der Waals surface area contributed by atoms with Gasteiger partial charge in [-0.2, -0.15) is 5.10 Å². The van der Waals surface area contributed by atoms with Gasteiger partial charge in [-0.3, -0.25) is 4.68 Å². The van der Waals surface area contributed by atoms with Crippen molar-refractivity contribution >= 4 is 11.6 Å². The lowest BCUT2D eigenvalue weighted by Crippen LogP contribution is -2.16. The van der Waals surface area contributed by atoms with E-state index in [1.807, 2.05) is 18.7 Å². The van der Waals surface area contributed by atoms with Crippen LogP contribution in [0.2, 0.25) is 5.02 Å². The predicted molar refractivity (Wildman–Crippen MR) is 71.2 cm³/mol. The molecule has 3 nitrogen and oxygen atoms in total. The fraction of sp³-hybridized carbons (Fsp3) is 0.615. The van der Waals surface area contributed by atoms with Crippen molar-refractivity contribution in [2.45, 2.75) is 45.1 Å². The molecule has 0 saturated heterocycles. The molecule has 1 atom stereocenters. The molecule has 1 aromatic rings. The number of hydrogen-bond acceptors (Lipinski definition) is 2. The first-order chi connectivity index (χ1) is 8.08. The number of nitrogens with two attached hydrogens (primary N) is 1. The van der Waals surface area contributed by atoms with E-state index in [-0.39, 0.29) is 6.04 Å². The molecule has 1 unspecified atom stereocenters. The zero-order valence-electron chi connectivity index (χ0n) is 10.5. The Balaban J connectivity index is 2.19. The van der Waals surface area contributed by atoms with Crippen LogP contribution in [0, 0.1) is 6.92 Å². The number of aromatic nitrogens is 2. The zero-order valence-corrected chi connectivity index (χ0v) is 11.3. The van der Waals surface area contributed by atoms with Gasteiger partial charge in [0, 0.05) is 19.5 Å². The molecule has 1 heterocycles. The zero-order chi connectivity index (χ0) is 12.4. The van der Waals surface area contributed by atoms with Crippen LogP contribution in [0.4, 0.5) is 0 Å². The third-order valence-corrected chi connectivity index (χ3v) is 3.88. The van der Waals surface area contributed by atoms with E-state index in [2.05, 4.69) is 11.2 Å². The molecule has 4 heteroatoms. The Morgan fingerprint density at radius 3 is 2.94 bits per heavy atom. The van der Waals surface area contributed by atoms with Gasteiger partial charge in [-0.15, -0.1) is 0 Å². The third-order valence-electron chi connectivity index (χ3n) is 3.39. The SMILES string of the molecule is Cc1nn(C)c(CC2=CC(N)CCCC2)c1Cl. The van der Waals surface area contributed by atoms with E-state index in [1.54, 1.807) is 0 Å². The van der Waals surface area contributed by atoms with Gasteiger partial charge in [-0.05, 0) is 26.2 Å². The molecule has 0 aromatic carbocycles. The first kappa shape index (κ1) is 12.7. The highest BCUT2D eigenvalue weighted by Gasteiger charge is 2.15. The molecule has 0 saturated carbocycles. The van der Waals surface area contributed by atoms with E-state index < -0.39 is 0 Å². The quantitative estimate of drug-likeness (QED) is 0.824. The minimum atomic E-state index is 0.209. The van der Waals surface area contributed by atoms with Gasteiger partial charge in [0.1, 0.15) is 0 Å². The standard InChI is InChI=1S/C13H20ClN3/c1-9-13(14)12(17(2)16-9)8-10-5-3-4-6-11(15)7-10/h7,11H,3-6,8,15H2,1-2H3. The Labute approximate surface area is 108 Å². The second kappa shape index (κ2) is 5.23. The fourth-order valence-corrected chi connectivity index (χ4v) is 2.66. The number of aryl methyl sites for hydroxylation is 2. The van der Waals surface area contributed by atoms with Gasteiger partial charge >= 0.3 is 0 Å². The van der Waals surface area contributed by atoms with E-state index in [0.717, 1.165) is 35.7 Å². The maximum atomic E-state index is 6.27. The van der Waals surface area contributed by atoms with Crippen molar-refractivity contribution in [1.29, 1.82) is 0 Å². The van der Waals surface area contributed by atoms with Crippen LogP contribution < -0.4 is 5.73 Å². The predicted octanol–water partition coefficient (Wildman–Crippen LogP) is 2.75. The lowest BCUT2D eigenvalue weighted by atomic mass is 10.0. The normalized spacial score (nSPS) is 21.2. The third kappa shape index (κ3) is 2.90. The molecule has 17 heavy (non-hydrogen) atoms. The Morgan fingerprint density at radius 1 is 1.53 bits per heavy atom. The summed E-state index contributed by atoms with van der Waals surface area (Å²) in [4.78, 5) is 0. The summed E-state index contributed by atoms with van der Waals surface area (Å²) >= 11 is 6.27. The molecule has 0 aliphatic heterocycles. The molecule has 0 fully saturated rings. The Bertz CT molecular complexity index is 434. The summed E-state index contributed by atoms with van der Waals surface area (Å²) in [5, 5.41) is 5.14. The molecule has 0 radical (unpaired) electrons. The van der Waals surface area contributed by atoms with Gasteiger partial charge in [0.25, 0.3) is 0 Å². The van der Waals surface area contributed by atoms with Gasteiger partial charge < -0.3 is 5.73 Å². The van der Waals surface area contributed by atoms with E-state index in [9.17, 15) is 0 Å². The number of halogens is 1. The van der Waals surface area contributed by atoms with Crippen LogP contribution >= 0.6 is 11.6 Å². The van der Waals surface area contributed by atoms with Gasteiger partial charge in [-0.1, -0.05) is 29.7 Å². The van der Waals surface area contributed by atoms with Crippen molar-refractivity contribution < 1.29 is 0 Å². The second-order valence-electron chi connectivity index (χ2n) is 4.88. The van der Waals surface area contributed by atoms with Gasteiger partial charge in [0.15, 0.2) is 0 Å². The van der Waals surface area contributed by atoms with E-state index in [0.29, 0.717) is 0 Å². The smallest absolute Gasteiger partial charge is 0.0850 e. The number of hydrogen-bond donors (Lipinski definition) is 1. The van der Waals surface area contributed by atoms with Crippen LogP contribution in [0.3, 0.4) is 0 Å². The van der Waals surface area contributed by atoms with Crippen molar-refractivity contribution in [1.82, 2.24) is 9.78 Å². The number of nitrogens with zero attached hydrogens (tertiary/aromatic N) is 2. The summed E-state index contributed by atoms with van der Waals surface area (Å²) in [5.74, 6) is 0. The molecular weight excluding hydrogens is 234 g/mol. The minimum Gasteiger partial charge on any atom is -0.324 e. The van der Waals surface area contributed by atoms with Crippen LogP contribution in [-0.2, 0) is 13.5 Å². The second-order valence-corrected chi connectivity index (χ2v) is 5.26. The molecule has 0 amide bonds. The van der Waals surface area contributed by atoms with Gasteiger partial charge in [0.2, 0.25) is 0 Å². The summed E-state index contributed by atoms with van der Waals surface area (Å²) < 4.78 is 1.88. The molecule has 2 rings (SSSR count). The van der Waals surface area contributed by atoms with Crippen molar-refractivity contribution in [2.24, 2.45) is 12.8 Å². The van der Waals surface area contributed by atoms with E-state index >= 15 is 0 Å². The lowest BCUT2D eigenvalue weighted by molar-refractivity contribution is 0.652. The number of rotatable bonds is 2. The van der Waals surface area contributed by atoms with E-state index in [1.165, 1.54) is 18.4 Å².